The summed E-state index contributed by atoms with van der Waals surface area (Å²) in [6, 6.07) is 5.42. The van der Waals surface area contributed by atoms with Crippen molar-refractivity contribution in [2.45, 2.75) is 25.4 Å². The maximum absolute atomic E-state index is 13.2. The van der Waals surface area contributed by atoms with Gasteiger partial charge in [-0.05, 0) is 25.0 Å². The Labute approximate surface area is 157 Å². The zero-order valence-corrected chi connectivity index (χ0v) is 14.7. The van der Waals surface area contributed by atoms with E-state index in [0.29, 0.717) is 40.9 Å². The number of amides is 1. The number of rotatable bonds is 4. The molecule has 4 aromatic rings. The molecule has 3 heterocycles. The second-order valence-corrected chi connectivity index (χ2v) is 6.63. The number of nitrogens with one attached hydrogen (secondary N) is 1. The minimum Gasteiger partial charge on any atom is -0.339 e. The molecule has 5 rings (SSSR count). The average molecular weight is 379 g/mol. The molecule has 9 nitrogen and oxygen atoms in total. The molecule has 28 heavy (non-hydrogen) atoms. The molecule has 0 aliphatic heterocycles. The van der Waals surface area contributed by atoms with Crippen LogP contribution in [0.4, 0.5) is 10.1 Å². The predicted molar refractivity (Wildman–Crippen MR) is 95.5 cm³/mol. The molecule has 1 saturated carbocycles. The molecule has 10 heteroatoms. The van der Waals surface area contributed by atoms with Crippen LogP contribution >= 0.6 is 0 Å². The van der Waals surface area contributed by atoms with Gasteiger partial charge >= 0.3 is 0 Å². The first kappa shape index (κ1) is 16.5. The van der Waals surface area contributed by atoms with E-state index in [1.54, 1.807) is 16.7 Å². The van der Waals surface area contributed by atoms with E-state index in [-0.39, 0.29) is 11.8 Å². The van der Waals surface area contributed by atoms with Crippen molar-refractivity contribution in [1.29, 1.82) is 0 Å². The number of alkyl halides is 1. The minimum atomic E-state index is -0.906. The first-order chi connectivity index (χ1) is 13.6. The molecule has 140 valence electrons. The van der Waals surface area contributed by atoms with Crippen LogP contribution in [-0.4, -0.2) is 41.8 Å². The number of benzene rings is 1. The minimum absolute atomic E-state index is 0.302. The van der Waals surface area contributed by atoms with Crippen LogP contribution in [0.25, 0.3) is 17.2 Å². The Kier molecular flexibility index (Phi) is 3.64. The number of imidazole rings is 1. The third kappa shape index (κ3) is 2.79. The average Bonchev–Trinajstić information content (AvgIpc) is 3.12. The highest BCUT2D eigenvalue weighted by atomic mass is 19.1. The molecule has 0 radical (unpaired) electrons. The van der Waals surface area contributed by atoms with Crippen LogP contribution in [0.1, 0.15) is 34.3 Å². The highest BCUT2D eigenvalue weighted by molar-refractivity contribution is 6.04. The number of hydrogen-bond acceptors (Lipinski definition) is 7. The quantitative estimate of drug-likeness (QED) is 0.580. The summed E-state index contributed by atoms with van der Waals surface area (Å²) < 4.78 is 19.9. The van der Waals surface area contributed by atoms with Gasteiger partial charge in [0.1, 0.15) is 11.9 Å². The van der Waals surface area contributed by atoms with Gasteiger partial charge in [0.15, 0.2) is 0 Å². The molecule has 0 spiro atoms. The van der Waals surface area contributed by atoms with Gasteiger partial charge in [-0.25, -0.2) is 9.37 Å². The van der Waals surface area contributed by atoms with Gasteiger partial charge in [0.2, 0.25) is 11.7 Å². The molecule has 1 aliphatic rings. The normalized spacial score (nSPS) is 18.4. The molecule has 2 atom stereocenters. The van der Waals surface area contributed by atoms with E-state index in [2.05, 4.69) is 30.6 Å². The monoisotopic (exact) mass is 379 g/mol. The molecule has 1 fully saturated rings. The highest BCUT2D eigenvalue weighted by Crippen LogP contribution is 2.43. The van der Waals surface area contributed by atoms with Gasteiger partial charge in [-0.1, -0.05) is 17.3 Å². The molecule has 1 aliphatic carbocycles. The number of halogens is 1. The van der Waals surface area contributed by atoms with E-state index < -0.39 is 6.17 Å². The van der Waals surface area contributed by atoms with Crippen molar-refractivity contribution >= 4 is 17.4 Å². The Balaban J connectivity index is 1.43. The summed E-state index contributed by atoms with van der Waals surface area (Å²) in [4.78, 5) is 21.1. The number of fused-ring (bicyclic) bond motifs is 1. The van der Waals surface area contributed by atoms with Crippen LogP contribution in [0.15, 0.2) is 41.3 Å². The summed E-state index contributed by atoms with van der Waals surface area (Å²) in [5.41, 5.74) is 2.45. The number of carbonyl (C=O) groups excluding carboxylic acids is 1. The maximum Gasteiger partial charge on any atom is 0.274 e. The van der Waals surface area contributed by atoms with Gasteiger partial charge in [-0.3, -0.25) is 9.20 Å². The van der Waals surface area contributed by atoms with E-state index in [1.165, 1.54) is 12.4 Å². The molecular formula is C18H14FN7O2. The number of hydrogen-bond donors (Lipinski definition) is 1. The van der Waals surface area contributed by atoms with Crippen molar-refractivity contribution in [3.05, 3.63) is 53.9 Å². The van der Waals surface area contributed by atoms with Crippen LogP contribution in [0.2, 0.25) is 0 Å². The van der Waals surface area contributed by atoms with Gasteiger partial charge in [-0.15, -0.1) is 5.10 Å². The Morgan fingerprint density at radius 2 is 2.25 bits per heavy atom. The van der Waals surface area contributed by atoms with Crippen LogP contribution in [-0.2, 0) is 0 Å². The molecular weight excluding hydrogens is 365 g/mol. The summed E-state index contributed by atoms with van der Waals surface area (Å²) in [7, 11) is 0. The van der Waals surface area contributed by atoms with Crippen molar-refractivity contribution in [3.63, 3.8) is 0 Å². The largest absolute Gasteiger partial charge is 0.339 e. The van der Waals surface area contributed by atoms with E-state index >= 15 is 0 Å². The van der Waals surface area contributed by atoms with Crippen LogP contribution in [0, 0.1) is 6.92 Å². The summed E-state index contributed by atoms with van der Waals surface area (Å²) in [5.74, 6) is 0.357. The molecule has 0 saturated heterocycles. The van der Waals surface area contributed by atoms with Gasteiger partial charge in [0.05, 0.1) is 18.3 Å². The van der Waals surface area contributed by atoms with Crippen molar-refractivity contribution in [3.8, 4) is 11.4 Å². The summed E-state index contributed by atoms with van der Waals surface area (Å²) in [6.07, 6.45) is 4.04. The zero-order valence-electron chi connectivity index (χ0n) is 14.7. The third-order valence-electron chi connectivity index (χ3n) is 4.66. The van der Waals surface area contributed by atoms with E-state index in [0.717, 1.165) is 5.56 Å². The van der Waals surface area contributed by atoms with E-state index in [4.69, 9.17) is 4.52 Å². The van der Waals surface area contributed by atoms with Crippen molar-refractivity contribution in [2.75, 3.05) is 5.32 Å². The van der Waals surface area contributed by atoms with E-state index in [1.807, 2.05) is 19.1 Å². The van der Waals surface area contributed by atoms with E-state index in [9.17, 15) is 9.18 Å². The number of aryl methyl sites for hydroxylation is 1. The van der Waals surface area contributed by atoms with Crippen molar-refractivity contribution in [2.24, 2.45) is 0 Å². The predicted octanol–water partition coefficient (Wildman–Crippen LogP) is 2.56. The van der Waals surface area contributed by atoms with Crippen molar-refractivity contribution in [1.82, 2.24) is 29.7 Å². The third-order valence-corrected chi connectivity index (χ3v) is 4.66. The number of carbonyl (C=O) groups is 1. The number of anilines is 1. The summed E-state index contributed by atoms with van der Waals surface area (Å²) >= 11 is 0. The second kappa shape index (κ2) is 6.19. The zero-order chi connectivity index (χ0) is 19.3. The lowest BCUT2D eigenvalue weighted by molar-refractivity contribution is 0.102. The van der Waals surface area contributed by atoms with Gasteiger partial charge < -0.3 is 9.84 Å². The Bertz CT molecular complexity index is 1200. The lowest BCUT2D eigenvalue weighted by atomic mass is 10.1. The molecule has 1 aromatic carbocycles. The maximum atomic E-state index is 13.2. The highest BCUT2D eigenvalue weighted by Gasteiger charge is 2.43. The fourth-order valence-corrected chi connectivity index (χ4v) is 2.93. The molecule has 3 aromatic heterocycles. The first-order valence-electron chi connectivity index (χ1n) is 8.65. The summed E-state index contributed by atoms with van der Waals surface area (Å²) in [6.45, 7) is 1.87. The van der Waals surface area contributed by atoms with Gasteiger partial charge in [-0.2, -0.15) is 10.1 Å². The fourth-order valence-electron chi connectivity index (χ4n) is 2.93. The van der Waals surface area contributed by atoms with Gasteiger partial charge in [0, 0.05) is 17.4 Å². The molecule has 0 bridgehead atoms. The lowest BCUT2D eigenvalue weighted by Crippen LogP contribution is -2.15. The Morgan fingerprint density at radius 3 is 3.07 bits per heavy atom. The lowest BCUT2D eigenvalue weighted by Gasteiger charge is -2.09. The molecule has 0 unspecified atom stereocenters. The first-order valence-corrected chi connectivity index (χ1v) is 8.65. The van der Waals surface area contributed by atoms with Crippen molar-refractivity contribution < 1.29 is 13.7 Å². The standard InChI is InChI=1S/C18H14FN7O2/c1-9-2-3-10(15-23-17(28-25-15)11-7-12(11)19)6-13(9)22-16(27)14-8-20-18-24-21-4-5-26(14)18/h2-6,8,11-12H,7H2,1H3,(H,22,27)/t11-,12-/m0/s1. The van der Waals surface area contributed by atoms with Gasteiger partial charge in [0.25, 0.3) is 11.7 Å². The van der Waals surface area contributed by atoms with Crippen LogP contribution in [0.3, 0.4) is 0 Å². The smallest absolute Gasteiger partial charge is 0.274 e. The van der Waals surface area contributed by atoms with Crippen LogP contribution in [0.5, 0.6) is 0 Å². The fraction of sp³-hybridized carbons (Fsp3) is 0.222. The molecule has 1 N–H and O–H groups in total. The van der Waals surface area contributed by atoms with Crippen LogP contribution < -0.4 is 5.32 Å². The molecule has 1 amide bonds. The topological polar surface area (TPSA) is 111 Å². The second-order valence-electron chi connectivity index (χ2n) is 6.63. The SMILES string of the molecule is Cc1ccc(-c2noc([C@H]3C[C@@H]3F)n2)cc1NC(=O)c1cnc2nnccn12. The Hall–Kier alpha value is -3.69. The number of nitrogens with zero attached hydrogens (tertiary/aromatic N) is 6. The summed E-state index contributed by atoms with van der Waals surface area (Å²) in [5, 5.41) is 14.4. The Morgan fingerprint density at radius 1 is 1.39 bits per heavy atom. The number of aromatic nitrogens is 6.